The summed E-state index contributed by atoms with van der Waals surface area (Å²) in [4.78, 5) is 0. The number of para-hydroxylation sites is 1. The fraction of sp³-hybridized carbons (Fsp3) is 0.538. The summed E-state index contributed by atoms with van der Waals surface area (Å²) in [5, 5.41) is 0.771. The molecule has 0 aliphatic rings. The molecule has 0 aliphatic carbocycles. The lowest BCUT2D eigenvalue weighted by atomic mass is 10.3. The second-order valence-corrected chi connectivity index (χ2v) is 13.5. The molecule has 1 rings (SSSR count). The number of hydrogen-bond donors (Lipinski definition) is 0. The van der Waals surface area contributed by atoms with Crippen molar-refractivity contribution in [3.8, 4) is 5.75 Å². The van der Waals surface area contributed by atoms with E-state index in [9.17, 15) is 4.57 Å². The van der Waals surface area contributed by atoms with Gasteiger partial charge >= 0.3 is 0 Å². The number of rotatable bonds is 5. The monoisotopic (exact) mass is 300 g/mol. The predicted octanol–water partition coefficient (Wildman–Crippen LogP) is 2.84. The van der Waals surface area contributed by atoms with Gasteiger partial charge in [-0.25, -0.2) is 9.34 Å². The van der Waals surface area contributed by atoms with Crippen molar-refractivity contribution in [1.29, 1.82) is 0 Å². The van der Waals surface area contributed by atoms with Crippen LogP contribution >= 0.6 is 7.44 Å². The number of hydrogen-bond acceptors (Lipinski definition) is 2. The molecule has 0 saturated carbocycles. The van der Waals surface area contributed by atoms with Crippen molar-refractivity contribution in [1.82, 2.24) is 9.34 Å². The fourth-order valence-electron chi connectivity index (χ4n) is 1.90. The molecule has 19 heavy (non-hydrogen) atoms. The van der Waals surface area contributed by atoms with Crippen LogP contribution in [0.5, 0.6) is 5.75 Å². The van der Waals surface area contributed by atoms with Crippen LogP contribution in [0.1, 0.15) is 0 Å². The van der Waals surface area contributed by atoms with E-state index in [4.69, 9.17) is 4.43 Å². The zero-order valence-corrected chi connectivity index (χ0v) is 14.9. The summed E-state index contributed by atoms with van der Waals surface area (Å²) >= 11 is 0. The molecule has 0 saturated heterocycles. The van der Waals surface area contributed by atoms with Crippen LogP contribution in [0.2, 0.25) is 19.6 Å². The highest BCUT2D eigenvalue weighted by atomic mass is 31.2. The first-order valence-corrected chi connectivity index (χ1v) is 11.4. The van der Waals surface area contributed by atoms with Gasteiger partial charge in [-0.05, 0) is 60.0 Å². The Balaban J connectivity index is 3.37. The van der Waals surface area contributed by atoms with Crippen LogP contribution in [0.25, 0.3) is 0 Å². The van der Waals surface area contributed by atoms with Crippen LogP contribution < -0.4 is 9.73 Å². The van der Waals surface area contributed by atoms with E-state index in [-0.39, 0.29) is 0 Å². The first-order valence-electron chi connectivity index (χ1n) is 6.33. The van der Waals surface area contributed by atoms with Gasteiger partial charge in [-0.15, -0.1) is 0 Å². The fourth-order valence-corrected chi connectivity index (χ4v) is 5.09. The first kappa shape index (κ1) is 16.4. The Morgan fingerprint density at radius 1 is 1.00 bits per heavy atom. The molecule has 0 fully saturated rings. The molecule has 0 radical (unpaired) electrons. The molecule has 0 heterocycles. The largest absolute Gasteiger partial charge is 0.544 e. The molecule has 1 aromatic rings. The molecule has 108 valence electrons. The Morgan fingerprint density at radius 2 is 1.47 bits per heavy atom. The van der Waals surface area contributed by atoms with E-state index in [2.05, 4.69) is 19.6 Å². The second kappa shape index (κ2) is 5.79. The molecule has 0 unspecified atom stereocenters. The normalized spacial score (nSPS) is 13.1. The Hall–Kier alpha value is -0.613. The van der Waals surface area contributed by atoms with E-state index in [0.29, 0.717) is 0 Å². The molecule has 0 spiro atoms. The highest BCUT2D eigenvalue weighted by Crippen LogP contribution is 2.50. The molecular formula is C13H25N2O2PSi. The third kappa shape index (κ3) is 3.69. The Morgan fingerprint density at radius 3 is 1.89 bits per heavy atom. The summed E-state index contributed by atoms with van der Waals surface area (Å²) in [5.74, 6) is 0.743. The standard InChI is InChI=1S/C13H25N2O2PSi/c1-14(2)18(16,15(3)4)13-11-9-8-10-12(13)17-19(5,6)7/h8-11H,1-7H3. The minimum Gasteiger partial charge on any atom is -0.544 e. The van der Waals surface area contributed by atoms with Gasteiger partial charge in [0, 0.05) is 0 Å². The lowest BCUT2D eigenvalue weighted by molar-refractivity contribution is 0.458. The third-order valence-corrected chi connectivity index (χ3v) is 6.68. The van der Waals surface area contributed by atoms with Gasteiger partial charge < -0.3 is 4.43 Å². The molecule has 0 aliphatic heterocycles. The molecule has 6 heteroatoms. The Labute approximate surface area is 118 Å². The average Bonchev–Trinajstić information content (AvgIpc) is 2.26. The smallest absolute Gasteiger partial charge is 0.248 e. The predicted molar refractivity (Wildman–Crippen MR) is 85.0 cm³/mol. The van der Waals surface area contributed by atoms with Crippen molar-refractivity contribution in [2.24, 2.45) is 0 Å². The highest BCUT2D eigenvalue weighted by molar-refractivity contribution is 7.67. The zero-order chi connectivity index (χ0) is 14.8. The van der Waals surface area contributed by atoms with Crippen LogP contribution in [0.3, 0.4) is 0 Å². The second-order valence-electron chi connectivity index (χ2n) is 5.92. The van der Waals surface area contributed by atoms with Crippen LogP contribution in [-0.2, 0) is 4.57 Å². The van der Waals surface area contributed by atoms with Gasteiger partial charge in [-0.1, -0.05) is 12.1 Å². The van der Waals surface area contributed by atoms with Gasteiger partial charge in [0.1, 0.15) is 5.75 Å². The maximum atomic E-state index is 13.3. The minimum atomic E-state index is -2.78. The van der Waals surface area contributed by atoms with Gasteiger partial charge in [0.15, 0.2) is 0 Å². The lowest BCUT2D eigenvalue weighted by Gasteiger charge is -2.33. The van der Waals surface area contributed by atoms with Gasteiger partial charge in [-0.2, -0.15) is 0 Å². The average molecular weight is 300 g/mol. The molecule has 0 bridgehead atoms. The van der Waals surface area contributed by atoms with Crippen molar-refractivity contribution < 1.29 is 8.99 Å². The van der Waals surface area contributed by atoms with Crippen molar-refractivity contribution in [2.45, 2.75) is 19.6 Å². The van der Waals surface area contributed by atoms with Gasteiger partial charge in [0.2, 0.25) is 15.8 Å². The van der Waals surface area contributed by atoms with Crippen molar-refractivity contribution in [2.75, 3.05) is 28.2 Å². The van der Waals surface area contributed by atoms with Gasteiger partial charge in [-0.3, -0.25) is 4.57 Å². The van der Waals surface area contributed by atoms with Crippen LogP contribution in [0.15, 0.2) is 24.3 Å². The van der Waals surface area contributed by atoms with E-state index in [0.717, 1.165) is 11.1 Å². The minimum absolute atomic E-state index is 0.743. The van der Waals surface area contributed by atoms with E-state index in [1.165, 1.54) is 0 Å². The van der Waals surface area contributed by atoms with Crippen LogP contribution in [-0.4, -0.2) is 45.8 Å². The summed E-state index contributed by atoms with van der Waals surface area (Å²) in [6.45, 7) is 6.38. The van der Waals surface area contributed by atoms with Gasteiger partial charge in [0.25, 0.3) is 0 Å². The van der Waals surface area contributed by atoms with E-state index in [1.807, 2.05) is 52.5 Å². The lowest BCUT2D eigenvalue weighted by Crippen LogP contribution is -2.34. The summed E-state index contributed by atoms with van der Waals surface area (Å²) in [5.41, 5.74) is 0. The Bertz CT molecular complexity index is 472. The molecule has 1 aromatic carbocycles. The summed E-state index contributed by atoms with van der Waals surface area (Å²) in [6, 6.07) is 7.64. The van der Waals surface area contributed by atoms with E-state index in [1.54, 1.807) is 9.34 Å². The summed E-state index contributed by atoms with van der Waals surface area (Å²) in [7, 11) is 2.85. The van der Waals surface area contributed by atoms with Crippen molar-refractivity contribution in [3.63, 3.8) is 0 Å². The van der Waals surface area contributed by atoms with Crippen LogP contribution in [0, 0.1) is 0 Å². The Kier molecular flexibility index (Phi) is 5.01. The first-order chi connectivity index (χ1) is 8.59. The molecule has 0 aromatic heterocycles. The zero-order valence-electron chi connectivity index (χ0n) is 13.0. The summed E-state index contributed by atoms with van der Waals surface area (Å²) in [6.07, 6.45) is 0. The molecule has 0 N–H and O–H groups in total. The maximum Gasteiger partial charge on any atom is 0.248 e. The van der Waals surface area contributed by atoms with E-state index < -0.39 is 15.8 Å². The van der Waals surface area contributed by atoms with Crippen LogP contribution in [0.4, 0.5) is 0 Å². The molecular weight excluding hydrogens is 275 g/mol. The van der Waals surface area contributed by atoms with Crippen molar-refractivity contribution >= 4 is 21.1 Å². The molecule has 4 nitrogen and oxygen atoms in total. The number of nitrogens with zero attached hydrogens (tertiary/aromatic N) is 2. The maximum absolute atomic E-state index is 13.3. The summed E-state index contributed by atoms with van der Waals surface area (Å²) < 4.78 is 23.0. The topological polar surface area (TPSA) is 32.8 Å². The molecule has 0 atom stereocenters. The quantitative estimate of drug-likeness (QED) is 0.618. The SMILES string of the molecule is CN(C)P(=O)(c1ccccc1O[Si](C)(C)C)N(C)C. The van der Waals surface area contributed by atoms with E-state index >= 15 is 0 Å². The third-order valence-electron chi connectivity index (χ3n) is 2.68. The number of benzene rings is 1. The molecule has 0 amide bonds. The van der Waals surface area contributed by atoms with Crippen molar-refractivity contribution in [3.05, 3.63) is 24.3 Å². The highest BCUT2D eigenvalue weighted by Gasteiger charge is 2.34. The van der Waals surface area contributed by atoms with Gasteiger partial charge in [0.05, 0.1) is 5.30 Å².